The molecule has 74 valence electrons. The third-order valence-electron chi connectivity index (χ3n) is 2.76. The molecule has 0 heterocycles. The van der Waals surface area contributed by atoms with Gasteiger partial charge in [-0.2, -0.15) is 4.91 Å². The summed E-state index contributed by atoms with van der Waals surface area (Å²) in [4.78, 5) is 10.6. The van der Waals surface area contributed by atoms with Crippen molar-refractivity contribution in [1.29, 1.82) is 0 Å². The highest BCUT2D eigenvalue weighted by atomic mass is 16.5. The van der Waals surface area contributed by atoms with Gasteiger partial charge < -0.3 is 4.74 Å². The summed E-state index contributed by atoms with van der Waals surface area (Å²) in [5, 5.41) is 3.16. The van der Waals surface area contributed by atoms with Crippen LogP contribution in [0.4, 0.5) is 0 Å². The Hall–Kier alpha value is -1.38. The van der Waals surface area contributed by atoms with Gasteiger partial charge >= 0.3 is 0 Å². The van der Waals surface area contributed by atoms with Crippen molar-refractivity contribution in [3.63, 3.8) is 0 Å². The zero-order valence-corrected chi connectivity index (χ0v) is 8.19. The second-order valence-corrected chi connectivity index (χ2v) is 3.58. The van der Waals surface area contributed by atoms with Crippen LogP contribution < -0.4 is 4.74 Å². The summed E-state index contributed by atoms with van der Waals surface area (Å²) in [6.45, 7) is 0. The molecule has 0 N–H and O–H groups in total. The summed E-state index contributed by atoms with van der Waals surface area (Å²) < 4.78 is 5.13. The lowest BCUT2D eigenvalue weighted by atomic mass is 9.88. The van der Waals surface area contributed by atoms with Gasteiger partial charge in [0.25, 0.3) is 0 Å². The second-order valence-electron chi connectivity index (χ2n) is 3.58. The number of methoxy groups -OCH3 is 1. The third kappa shape index (κ3) is 1.50. The van der Waals surface area contributed by atoms with Crippen LogP contribution in [0, 0.1) is 4.91 Å². The molecule has 3 nitrogen and oxygen atoms in total. The van der Waals surface area contributed by atoms with Crippen molar-refractivity contribution >= 4 is 0 Å². The van der Waals surface area contributed by atoms with Crippen LogP contribution in [0.3, 0.4) is 0 Å². The number of hydrogen-bond acceptors (Lipinski definition) is 3. The summed E-state index contributed by atoms with van der Waals surface area (Å²) in [5.74, 6) is 0.805. The summed E-state index contributed by atoms with van der Waals surface area (Å²) in [6, 6.07) is 5.73. The van der Waals surface area contributed by atoms with Crippen molar-refractivity contribution in [1.82, 2.24) is 0 Å². The van der Waals surface area contributed by atoms with E-state index in [2.05, 4.69) is 5.18 Å². The Kier molecular flexibility index (Phi) is 2.48. The van der Waals surface area contributed by atoms with Gasteiger partial charge in [0.2, 0.25) is 0 Å². The van der Waals surface area contributed by atoms with Crippen LogP contribution in [0.5, 0.6) is 5.75 Å². The first-order valence-electron chi connectivity index (χ1n) is 4.84. The Morgan fingerprint density at radius 3 is 3.07 bits per heavy atom. The predicted molar refractivity (Wildman–Crippen MR) is 54.5 cm³/mol. The standard InChI is InChI=1S/C11H13NO2/c1-14-9-6-5-8-3-2-4-11(12-13)10(8)7-9/h5-7,11H,2-4H2,1H3. The topological polar surface area (TPSA) is 38.7 Å². The molecule has 1 unspecified atom stereocenters. The third-order valence-corrected chi connectivity index (χ3v) is 2.76. The fraction of sp³-hybridized carbons (Fsp3) is 0.455. The molecule has 0 aromatic heterocycles. The van der Waals surface area contributed by atoms with Crippen molar-refractivity contribution in [3.05, 3.63) is 34.2 Å². The molecular weight excluding hydrogens is 178 g/mol. The molecule has 14 heavy (non-hydrogen) atoms. The maximum Gasteiger partial charge on any atom is 0.119 e. The minimum atomic E-state index is -0.172. The number of ether oxygens (including phenoxy) is 1. The van der Waals surface area contributed by atoms with Gasteiger partial charge in [-0.15, -0.1) is 0 Å². The van der Waals surface area contributed by atoms with Crippen LogP contribution in [-0.4, -0.2) is 7.11 Å². The Balaban J connectivity index is 2.43. The van der Waals surface area contributed by atoms with Crippen LogP contribution in [0.2, 0.25) is 0 Å². The van der Waals surface area contributed by atoms with Gasteiger partial charge in [0, 0.05) is 0 Å². The van der Waals surface area contributed by atoms with Crippen molar-refractivity contribution in [2.75, 3.05) is 7.11 Å². The van der Waals surface area contributed by atoms with Crippen LogP contribution in [0.25, 0.3) is 0 Å². The number of rotatable bonds is 2. The quantitative estimate of drug-likeness (QED) is 0.674. The zero-order valence-electron chi connectivity index (χ0n) is 8.19. The molecule has 0 saturated heterocycles. The highest BCUT2D eigenvalue weighted by Crippen LogP contribution is 2.34. The summed E-state index contributed by atoms with van der Waals surface area (Å²) >= 11 is 0. The van der Waals surface area contributed by atoms with Gasteiger partial charge in [0.05, 0.1) is 7.11 Å². The fourth-order valence-electron chi connectivity index (χ4n) is 1.99. The molecule has 2 rings (SSSR count). The molecule has 3 heteroatoms. The minimum Gasteiger partial charge on any atom is -0.497 e. The first-order chi connectivity index (χ1) is 6.85. The summed E-state index contributed by atoms with van der Waals surface area (Å²) in [5.41, 5.74) is 2.28. The average molecular weight is 191 g/mol. The minimum absolute atomic E-state index is 0.172. The number of benzene rings is 1. The van der Waals surface area contributed by atoms with Crippen LogP contribution in [-0.2, 0) is 6.42 Å². The number of hydrogen-bond donors (Lipinski definition) is 0. The van der Waals surface area contributed by atoms with Crippen molar-refractivity contribution in [3.8, 4) is 5.75 Å². The van der Waals surface area contributed by atoms with Crippen LogP contribution in [0.1, 0.15) is 30.0 Å². The molecule has 1 atom stereocenters. The first-order valence-corrected chi connectivity index (χ1v) is 4.84. The summed E-state index contributed by atoms with van der Waals surface area (Å²) in [7, 11) is 1.63. The SMILES string of the molecule is COc1ccc2c(c1)C(N=O)CCC2. The normalized spacial score (nSPS) is 19.9. The van der Waals surface area contributed by atoms with Crippen molar-refractivity contribution in [2.45, 2.75) is 25.3 Å². The molecule has 0 radical (unpaired) electrons. The lowest BCUT2D eigenvalue weighted by Crippen LogP contribution is -2.07. The largest absolute Gasteiger partial charge is 0.497 e. The van der Waals surface area contributed by atoms with Gasteiger partial charge in [-0.1, -0.05) is 11.2 Å². The highest BCUT2D eigenvalue weighted by molar-refractivity contribution is 5.39. The maximum atomic E-state index is 10.6. The van der Waals surface area contributed by atoms with Crippen LogP contribution >= 0.6 is 0 Å². The molecule has 1 aliphatic rings. The van der Waals surface area contributed by atoms with E-state index in [0.29, 0.717) is 0 Å². The first kappa shape index (κ1) is 9.19. The molecule has 0 amide bonds. The molecule has 1 aliphatic carbocycles. The lowest BCUT2D eigenvalue weighted by molar-refractivity contribution is 0.412. The van der Waals surface area contributed by atoms with Crippen LogP contribution in [0.15, 0.2) is 23.4 Å². The zero-order chi connectivity index (χ0) is 9.97. The Bertz CT molecular complexity index is 349. The molecule has 0 bridgehead atoms. The van der Waals surface area contributed by atoms with Gasteiger partial charge in [0.1, 0.15) is 11.8 Å². The van der Waals surface area contributed by atoms with E-state index in [9.17, 15) is 4.91 Å². The average Bonchev–Trinajstić information content (AvgIpc) is 2.27. The van der Waals surface area contributed by atoms with Gasteiger partial charge in [-0.05, 0) is 42.5 Å². The number of nitrogens with zero attached hydrogens (tertiary/aromatic N) is 1. The van der Waals surface area contributed by atoms with E-state index in [-0.39, 0.29) is 6.04 Å². The Morgan fingerprint density at radius 1 is 1.50 bits per heavy atom. The molecule has 1 aromatic rings. The van der Waals surface area contributed by atoms with E-state index in [1.54, 1.807) is 7.11 Å². The molecule has 1 aromatic carbocycles. The van der Waals surface area contributed by atoms with E-state index in [1.807, 2.05) is 18.2 Å². The van der Waals surface area contributed by atoms with Gasteiger partial charge in [0.15, 0.2) is 0 Å². The number of fused-ring (bicyclic) bond motifs is 1. The van der Waals surface area contributed by atoms with E-state index in [0.717, 1.165) is 30.6 Å². The summed E-state index contributed by atoms with van der Waals surface area (Å²) in [6.07, 6.45) is 2.96. The van der Waals surface area contributed by atoms with Gasteiger partial charge in [-0.25, -0.2) is 0 Å². The molecule has 0 saturated carbocycles. The molecule has 0 spiro atoms. The molecular formula is C11H13NO2. The lowest BCUT2D eigenvalue weighted by Gasteiger charge is -2.20. The maximum absolute atomic E-state index is 10.6. The molecule has 0 aliphatic heterocycles. The molecule has 0 fully saturated rings. The predicted octanol–water partition coefficient (Wildman–Crippen LogP) is 2.84. The number of aryl methyl sites for hydroxylation is 1. The van der Waals surface area contributed by atoms with E-state index >= 15 is 0 Å². The Morgan fingerprint density at radius 2 is 2.36 bits per heavy atom. The highest BCUT2D eigenvalue weighted by Gasteiger charge is 2.20. The number of nitroso groups, excluding NO2 is 1. The second kappa shape index (κ2) is 3.78. The van der Waals surface area contributed by atoms with E-state index < -0.39 is 0 Å². The van der Waals surface area contributed by atoms with Crippen molar-refractivity contribution in [2.24, 2.45) is 5.18 Å². The van der Waals surface area contributed by atoms with E-state index in [1.165, 1.54) is 5.56 Å². The monoisotopic (exact) mass is 191 g/mol. The van der Waals surface area contributed by atoms with Gasteiger partial charge in [-0.3, -0.25) is 0 Å². The van der Waals surface area contributed by atoms with Crippen molar-refractivity contribution < 1.29 is 4.74 Å². The fourth-order valence-corrected chi connectivity index (χ4v) is 1.99. The Labute approximate surface area is 83.1 Å². The smallest absolute Gasteiger partial charge is 0.119 e. The van der Waals surface area contributed by atoms with E-state index in [4.69, 9.17) is 4.74 Å².